The zero-order valence-corrected chi connectivity index (χ0v) is 13.7. The summed E-state index contributed by atoms with van der Waals surface area (Å²) in [6.07, 6.45) is 4.74. The van der Waals surface area contributed by atoms with Crippen LogP contribution in [0.1, 0.15) is 26.2 Å². The first-order valence-electron chi connectivity index (χ1n) is 8.17. The number of aliphatic hydroxyl groups excluding tert-OH is 1. The molecule has 6 heteroatoms. The Balaban J connectivity index is 1.93. The van der Waals surface area contributed by atoms with Crippen LogP contribution in [0.15, 0.2) is 16.8 Å². The first-order chi connectivity index (χ1) is 10.6. The van der Waals surface area contributed by atoms with Gasteiger partial charge >= 0.3 is 0 Å². The normalized spacial score (nSPS) is 24.3. The van der Waals surface area contributed by atoms with E-state index >= 15 is 0 Å². The van der Waals surface area contributed by atoms with Gasteiger partial charge in [0, 0.05) is 32.0 Å². The van der Waals surface area contributed by atoms with E-state index < -0.39 is 6.67 Å². The molecule has 1 fully saturated rings. The number of piperidine rings is 1. The third kappa shape index (κ3) is 5.04. The smallest absolute Gasteiger partial charge is 0.189 e. The summed E-state index contributed by atoms with van der Waals surface area (Å²) in [5.74, 6) is 0.806. The van der Waals surface area contributed by atoms with Crippen molar-refractivity contribution in [2.75, 3.05) is 46.6 Å². The first kappa shape index (κ1) is 17.4. The van der Waals surface area contributed by atoms with Crippen LogP contribution in [0.25, 0.3) is 0 Å². The Morgan fingerprint density at radius 3 is 2.77 bits per heavy atom. The lowest BCUT2D eigenvalue weighted by Gasteiger charge is -2.31. The molecule has 0 aromatic rings. The summed E-state index contributed by atoms with van der Waals surface area (Å²) < 4.78 is 19.1. The quantitative estimate of drug-likeness (QED) is 0.758. The number of alkyl halides is 1. The van der Waals surface area contributed by atoms with E-state index in [1.807, 2.05) is 17.9 Å². The van der Waals surface area contributed by atoms with Crippen molar-refractivity contribution in [2.24, 2.45) is 10.9 Å². The lowest BCUT2D eigenvalue weighted by atomic mass is 10.0. The van der Waals surface area contributed by atoms with E-state index in [2.05, 4.69) is 16.9 Å². The fourth-order valence-electron chi connectivity index (χ4n) is 2.98. The molecule has 1 unspecified atom stereocenters. The van der Waals surface area contributed by atoms with E-state index in [4.69, 9.17) is 4.74 Å². The molecule has 0 bridgehead atoms. The van der Waals surface area contributed by atoms with Crippen molar-refractivity contribution < 1.29 is 14.2 Å². The van der Waals surface area contributed by atoms with Crippen LogP contribution < -0.4 is 0 Å². The minimum Gasteiger partial charge on any atom is -0.477 e. The summed E-state index contributed by atoms with van der Waals surface area (Å²) in [5.41, 5.74) is 0.452. The molecule has 1 atom stereocenters. The summed E-state index contributed by atoms with van der Waals surface area (Å²) in [7, 11) is 2.11. The number of likely N-dealkylation sites (tertiary alicyclic amines) is 1. The fourth-order valence-corrected chi connectivity index (χ4v) is 2.98. The van der Waals surface area contributed by atoms with Gasteiger partial charge in [0.15, 0.2) is 5.90 Å². The van der Waals surface area contributed by atoms with E-state index in [0.717, 1.165) is 32.5 Å². The van der Waals surface area contributed by atoms with Crippen LogP contribution in [0.3, 0.4) is 0 Å². The maximum Gasteiger partial charge on any atom is 0.189 e. The van der Waals surface area contributed by atoms with Gasteiger partial charge in [-0.3, -0.25) is 4.90 Å². The van der Waals surface area contributed by atoms with Crippen LogP contribution in [0.2, 0.25) is 0 Å². The van der Waals surface area contributed by atoms with Gasteiger partial charge < -0.3 is 14.7 Å². The van der Waals surface area contributed by atoms with E-state index in [1.54, 1.807) is 0 Å². The second-order valence-electron chi connectivity index (χ2n) is 6.19. The van der Waals surface area contributed by atoms with Crippen molar-refractivity contribution in [1.82, 2.24) is 9.80 Å². The molecule has 2 heterocycles. The number of hydrogen-bond acceptors (Lipinski definition) is 5. The minimum atomic E-state index is -0.567. The number of rotatable bonds is 6. The van der Waals surface area contributed by atoms with Gasteiger partial charge in [-0.2, -0.15) is 0 Å². The average molecular weight is 313 g/mol. The van der Waals surface area contributed by atoms with Gasteiger partial charge in [0.25, 0.3) is 0 Å². The Morgan fingerprint density at radius 1 is 1.45 bits per heavy atom. The lowest BCUT2D eigenvalue weighted by molar-refractivity contribution is 0.0908. The highest BCUT2D eigenvalue weighted by Crippen LogP contribution is 2.22. The van der Waals surface area contributed by atoms with E-state index in [0.29, 0.717) is 24.6 Å². The van der Waals surface area contributed by atoms with Gasteiger partial charge in [-0.05, 0) is 26.4 Å². The summed E-state index contributed by atoms with van der Waals surface area (Å²) in [4.78, 5) is 8.52. The number of halogens is 1. The molecule has 0 saturated carbocycles. The van der Waals surface area contributed by atoms with Crippen molar-refractivity contribution >= 4 is 5.90 Å². The van der Waals surface area contributed by atoms with Gasteiger partial charge in [0.05, 0.1) is 12.4 Å². The van der Waals surface area contributed by atoms with Crippen molar-refractivity contribution in [2.45, 2.75) is 32.3 Å². The highest BCUT2D eigenvalue weighted by molar-refractivity contribution is 5.79. The van der Waals surface area contributed by atoms with Gasteiger partial charge in [-0.15, -0.1) is 0 Å². The van der Waals surface area contributed by atoms with Gasteiger partial charge in [0.1, 0.15) is 12.8 Å². The Kier molecular flexibility index (Phi) is 6.79. The molecule has 0 aromatic heterocycles. The monoisotopic (exact) mass is 313 g/mol. The zero-order valence-electron chi connectivity index (χ0n) is 13.7. The number of aliphatic hydroxyl groups is 1. The maximum atomic E-state index is 13.1. The molecular weight excluding hydrogens is 285 g/mol. The second kappa shape index (κ2) is 8.60. The number of hydrogen-bond donors (Lipinski definition) is 1. The zero-order chi connectivity index (χ0) is 15.9. The molecule has 0 amide bonds. The van der Waals surface area contributed by atoms with Crippen LogP contribution in [0, 0.1) is 5.92 Å². The SMILES string of the molecule is CCN(CO)CC1C=C(CF)N=C(OC2CCN(C)CC2)C1. The van der Waals surface area contributed by atoms with Gasteiger partial charge in [0.2, 0.25) is 0 Å². The third-order valence-electron chi connectivity index (χ3n) is 4.38. The van der Waals surface area contributed by atoms with Crippen molar-refractivity contribution in [3.8, 4) is 0 Å². The van der Waals surface area contributed by atoms with E-state index in [-0.39, 0.29) is 18.8 Å². The summed E-state index contributed by atoms with van der Waals surface area (Å²) >= 11 is 0. The maximum absolute atomic E-state index is 13.1. The van der Waals surface area contributed by atoms with E-state index in [9.17, 15) is 9.50 Å². The summed E-state index contributed by atoms with van der Waals surface area (Å²) in [6.45, 7) is 4.99. The van der Waals surface area contributed by atoms with Crippen LogP contribution in [-0.4, -0.2) is 73.5 Å². The predicted molar refractivity (Wildman–Crippen MR) is 85.5 cm³/mol. The molecular formula is C16H28FN3O2. The molecule has 1 saturated heterocycles. The highest BCUT2D eigenvalue weighted by atomic mass is 19.1. The lowest BCUT2D eigenvalue weighted by Crippen LogP contribution is -2.37. The Labute approximate surface area is 132 Å². The molecule has 22 heavy (non-hydrogen) atoms. The van der Waals surface area contributed by atoms with Crippen molar-refractivity contribution in [3.05, 3.63) is 11.8 Å². The molecule has 2 aliphatic heterocycles. The molecule has 0 spiro atoms. The van der Waals surface area contributed by atoms with Crippen molar-refractivity contribution in [3.63, 3.8) is 0 Å². The van der Waals surface area contributed by atoms with Gasteiger partial charge in [-0.25, -0.2) is 9.38 Å². The Hall–Kier alpha value is -0.980. The average Bonchev–Trinajstić information content (AvgIpc) is 2.54. The van der Waals surface area contributed by atoms with Gasteiger partial charge in [-0.1, -0.05) is 13.0 Å². The van der Waals surface area contributed by atoms with E-state index in [1.165, 1.54) is 0 Å². The molecule has 0 aliphatic carbocycles. The predicted octanol–water partition coefficient (Wildman–Crippen LogP) is 1.64. The topological polar surface area (TPSA) is 48.3 Å². The largest absolute Gasteiger partial charge is 0.477 e. The number of ether oxygens (including phenoxy) is 1. The molecule has 126 valence electrons. The third-order valence-corrected chi connectivity index (χ3v) is 4.38. The van der Waals surface area contributed by atoms with Crippen LogP contribution in [0.4, 0.5) is 4.39 Å². The Morgan fingerprint density at radius 2 is 2.18 bits per heavy atom. The number of allylic oxidation sites excluding steroid dienone is 1. The first-order valence-corrected chi connectivity index (χ1v) is 8.17. The standard InChI is InChI=1S/C16H28FN3O2/c1-3-20(12-21)11-13-8-14(10-17)18-16(9-13)22-15-4-6-19(2)7-5-15/h8,13,15,21H,3-7,9-12H2,1-2H3. The second-order valence-corrected chi connectivity index (χ2v) is 6.19. The minimum absolute atomic E-state index is 0.0219. The molecule has 0 radical (unpaired) electrons. The summed E-state index contributed by atoms with van der Waals surface area (Å²) in [5, 5.41) is 9.30. The van der Waals surface area contributed by atoms with Crippen LogP contribution in [-0.2, 0) is 4.74 Å². The molecule has 0 aromatic carbocycles. The number of nitrogens with zero attached hydrogens (tertiary/aromatic N) is 3. The highest BCUT2D eigenvalue weighted by Gasteiger charge is 2.24. The fraction of sp³-hybridized carbons (Fsp3) is 0.812. The summed E-state index contributed by atoms with van der Waals surface area (Å²) in [6, 6.07) is 0. The molecule has 5 nitrogen and oxygen atoms in total. The number of aliphatic imine (C=N–C) groups is 1. The molecule has 1 N–H and O–H groups in total. The van der Waals surface area contributed by atoms with Crippen LogP contribution in [0.5, 0.6) is 0 Å². The molecule has 2 rings (SSSR count). The molecule has 2 aliphatic rings. The Bertz CT molecular complexity index is 402. The van der Waals surface area contributed by atoms with Crippen LogP contribution >= 0.6 is 0 Å². The van der Waals surface area contributed by atoms with Crippen molar-refractivity contribution in [1.29, 1.82) is 0 Å².